The molecular weight excluding hydrogens is 225 g/mol. The van der Waals surface area contributed by atoms with Gasteiger partial charge in [-0.15, -0.1) is 12.4 Å². The fourth-order valence-corrected chi connectivity index (χ4v) is 0.735. The summed E-state index contributed by atoms with van der Waals surface area (Å²) in [7, 11) is 0. The summed E-state index contributed by atoms with van der Waals surface area (Å²) in [6.45, 7) is -0.573. The number of carbonyl (C=O) groups is 1. The maximum absolute atomic E-state index is 11.9. The first-order chi connectivity index (χ1) is 5.89. The maximum Gasteiger partial charge on any atom is 0.419 e. The van der Waals surface area contributed by atoms with E-state index in [0.717, 1.165) is 0 Å². The lowest BCUT2D eigenvalue weighted by Crippen LogP contribution is -2.09. The number of carboxylic acid groups (broad SMARTS) is 1. The molecular formula is C6H6ClF3N2O2. The fraction of sp³-hybridized carbons (Fsp3) is 0.333. The highest BCUT2D eigenvalue weighted by molar-refractivity contribution is 5.85. The first kappa shape index (κ1) is 12.8. The van der Waals surface area contributed by atoms with Crippen molar-refractivity contribution in [3.8, 4) is 0 Å². The third-order valence-corrected chi connectivity index (χ3v) is 1.26. The zero-order valence-corrected chi connectivity index (χ0v) is 7.47. The summed E-state index contributed by atoms with van der Waals surface area (Å²) in [6.07, 6.45) is -3.24. The molecule has 0 aliphatic heterocycles. The van der Waals surface area contributed by atoms with Gasteiger partial charge in [0.05, 0.1) is 11.8 Å². The van der Waals surface area contributed by atoms with E-state index in [4.69, 9.17) is 5.11 Å². The van der Waals surface area contributed by atoms with Crippen molar-refractivity contribution in [2.75, 3.05) is 0 Å². The lowest BCUT2D eigenvalue weighted by molar-refractivity contribution is -0.139. The van der Waals surface area contributed by atoms with Crippen LogP contribution in [0.3, 0.4) is 0 Å². The second-order valence-corrected chi connectivity index (χ2v) is 2.32. The van der Waals surface area contributed by atoms with Gasteiger partial charge in [0.15, 0.2) is 0 Å². The van der Waals surface area contributed by atoms with Gasteiger partial charge in [0.2, 0.25) is 0 Å². The molecule has 0 saturated carbocycles. The molecule has 8 heteroatoms. The van der Waals surface area contributed by atoms with Crippen LogP contribution in [0, 0.1) is 0 Å². The van der Waals surface area contributed by atoms with E-state index in [1.165, 1.54) is 0 Å². The summed E-state index contributed by atoms with van der Waals surface area (Å²) in [6, 6.07) is 0. The molecule has 1 rings (SSSR count). The molecule has 0 aliphatic carbocycles. The minimum atomic E-state index is -4.48. The minimum absolute atomic E-state index is 0. The van der Waals surface area contributed by atoms with Crippen LogP contribution in [-0.2, 0) is 17.5 Å². The minimum Gasteiger partial charge on any atom is -0.480 e. The van der Waals surface area contributed by atoms with Crippen LogP contribution in [0.25, 0.3) is 0 Å². The van der Waals surface area contributed by atoms with Crippen LogP contribution >= 0.6 is 12.4 Å². The first-order valence-corrected chi connectivity index (χ1v) is 3.21. The molecule has 1 aromatic rings. The summed E-state index contributed by atoms with van der Waals surface area (Å²) in [4.78, 5) is 10.1. The quantitative estimate of drug-likeness (QED) is 0.836. The van der Waals surface area contributed by atoms with E-state index in [-0.39, 0.29) is 12.4 Å². The summed E-state index contributed by atoms with van der Waals surface area (Å²) in [5.74, 6) is -1.24. The molecule has 0 fully saturated rings. The zero-order chi connectivity index (χ0) is 10.1. The Labute approximate surface area is 82.7 Å². The Morgan fingerprint density at radius 1 is 1.57 bits per heavy atom. The van der Waals surface area contributed by atoms with Crippen molar-refractivity contribution in [3.63, 3.8) is 0 Å². The highest BCUT2D eigenvalue weighted by Crippen LogP contribution is 2.28. The van der Waals surface area contributed by atoms with Crippen molar-refractivity contribution in [3.05, 3.63) is 18.0 Å². The molecule has 0 aliphatic rings. The zero-order valence-electron chi connectivity index (χ0n) is 6.65. The predicted octanol–water partition coefficient (Wildman–Crippen LogP) is 1.41. The number of hydrogen-bond acceptors (Lipinski definition) is 2. The molecule has 80 valence electrons. The van der Waals surface area contributed by atoms with Crippen LogP contribution in [-0.4, -0.2) is 20.9 Å². The van der Waals surface area contributed by atoms with Gasteiger partial charge >= 0.3 is 12.1 Å². The molecule has 0 aromatic carbocycles. The Bertz CT molecular complexity index is 323. The van der Waals surface area contributed by atoms with Gasteiger partial charge in [-0.1, -0.05) is 0 Å². The van der Waals surface area contributed by atoms with E-state index in [0.29, 0.717) is 17.1 Å². The molecule has 0 unspecified atom stereocenters. The molecule has 14 heavy (non-hydrogen) atoms. The summed E-state index contributed by atoms with van der Waals surface area (Å²) in [5, 5.41) is 11.5. The van der Waals surface area contributed by atoms with Crippen molar-refractivity contribution in [1.82, 2.24) is 9.78 Å². The van der Waals surface area contributed by atoms with Crippen molar-refractivity contribution in [2.45, 2.75) is 12.7 Å². The molecule has 1 N–H and O–H groups in total. The van der Waals surface area contributed by atoms with Crippen molar-refractivity contribution >= 4 is 18.4 Å². The summed E-state index contributed by atoms with van der Waals surface area (Å²) < 4.78 is 36.5. The van der Waals surface area contributed by atoms with Crippen molar-refractivity contribution in [1.29, 1.82) is 0 Å². The Morgan fingerprint density at radius 3 is 2.50 bits per heavy atom. The molecule has 0 saturated heterocycles. The molecule has 0 atom stereocenters. The number of carboxylic acids is 1. The van der Waals surface area contributed by atoms with Gasteiger partial charge < -0.3 is 5.11 Å². The Kier molecular flexibility index (Phi) is 3.93. The Morgan fingerprint density at radius 2 is 2.14 bits per heavy atom. The van der Waals surface area contributed by atoms with Crippen LogP contribution < -0.4 is 0 Å². The molecule has 0 amide bonds. The lowest BCUT2D eigenvalue weighted by atomic mass is 10.4. The van der Waals surface area contributed by atoms with Gasteiger partial charge in [-0.25, -0.2) is 0 Å². The normalized spacial score (nSPS) is 10.8. The number of aromatic nitrogens is 2. The number of hydrogen-bond donors (Lipinski definition) is 1. The van der Waals surface area contributed by atoms with Crippen LogP contribution in [0.4, 0.5) is 13.2 Å². The van der Waals surface area contributed by atoms with Crippen LogP contribution in [0.15, 0.2) is 12.4 Å². The first-order valence-electron chi connectivity index (χ1n) is 3.21. The predicted molar refractivity (Wildman–Crippen MR) is 42.1 cm³/mol. The highest BCUT2D eigenvalue weighted by atomic mass is 35.5. The fourth-order valence-electron chi connectivity index (χ4n) is 0.735. The van der Waals surface area contributed by atoms with Crippen LogP contribution in [0.5, 0.6) is 0 Å². The number of halogens is 4. The maximum atomic E-state index is 11.9. The smallest absolute Gasteiger partial charge is 0.419 e. The summed E-state index contributed by atoms with van der Waals surface area (Å²) in [5.41, 5.74) is -0.950. The average molecular weight is 231 g/mol. The second-order valence-electron chi connectivity index (χ2n) is 2.32. The SMILES string of the molecule is Cl.O=C(O)Cn1cc(C(F)(F)F)cn1. The van der Waals surface area contributed by atoms with E-state index in [1.54, 1.807) is 0 Å². The van der Waals surface area contributed by atoms with E-state index in [2.05, 4.69) is 5.10 Å². The Balaban J connectivity index is 0.00000169. The topological polar surface area (TPSA) is 55.1 Å². The molecule has 0 radical (unpaired) electrons. The number of aliphatic carboxylic acids is 1. The largest absolute Gasteiger partial charge is 0.480 e. The van der Waals surface area contributed by atoms with E-state index >= 15 is 0 Å². The number of rotatable bonds is 2. The number of nitrogens with zero attached hydrogens (tertiary/aromatic N) is 2. The van der Waals surface area contributed by atoms with Crippen LogP contribution in [0.2, 0.25) is 0 Å². The lowest BCUT2D eigenvalue weighted by Gasteiger charge is -2.00. The van der Waals surface area contributed by atoms with Gasteiger partial charge in [0, 0.05) is 6.20 Å². The van der Waals surface area contributed by atoms with Gasteiger partial charge in [0.25, 0.3) is 0 Å². The third-order valence-electron chi connectivity index (χ3n) is 1.26. The highest BCUT2D eigenvalue weighted by Gasteiger charge is 2.32. The van der Waals surface area contributed by atoms with Gasteiger partial charge in [-0.05, 0) is 0 Å². The Hall–Kier alpha value is -1.24. The van der Waals surface area contributed by atoms with E-state index < -0.39 is 24.3 Å². The molecule has 1 heterocycles. The van der Waals surface area contributed by atoms with Gasteiger partial charge in [-0.2, -0.15) is 18.3 Å². The van der Waals surface area contributed by atoms with Gasteiger partial charge in [-0.3, -0.25) is 9.48 Å². The van der Waals surface area contributed by atoms with E-state index in [1.807, 2.05) is 0 Å². The van der Waals surface area contributed by atoms with Crippen molar-refractivity contribution in [2.24, 2.45) is 0 Å². The summed E-state index contributed by atoms with van der Waals surface area (Å²) >= 11 is 0. The average Bonchev–Trinajstić information content (AvgIpc) is 2.32. The third kappa shape index (κ3) is 3.25. The second kappa shape index (κ2) is 4.32. The van der Waals surface area contributed by atoms with Crippen LogP contribution in [0.1, 0.15) is 5.56 Å². The number of alkyl halides is 3. The monoisotopic (exact) mass is 230 g/mol. The standard InChI is InChI=1S/C6H5F3N2O2.ClH/c7-6(8,9)4-1-10-11(2-4)3-5(12)13;/h1-2H,3H2,(H,12,13);1H. The molecule has 0 bridgehead atoms. The van der Waals surface area contributed by atoms with Gasteiger partial charge in [0.1, 0.15) is 6.54 Å². The molecule has 0 spiro atoms. The molecule has 1 aromatic heterocycles. The van der Waals surface area contributed by atoms with Crippen molar-refractivity contribution < 1.29 is 23.1 Å². The van der Waals surface area contributed by atoms with E-state index in [9.17, 15) is 18.0 Å². The molecule has 4 nitrogen and oxygen atoms in total.